The molecule has 2 aromatic carbocycles. The SMILES string of the molecule is O=C(O)c1ccc(N2[C@@H]3CC[C@H]2CC(OCc2c(-c4ccccc4OC(F)(F)F)noc2C2CC2)C3)c(F)c1. The fourth-order valence-corrected chi connectivity index (χ4v) is 5.92. The van der Waals surface area contributed by atoms with Crippen LogP contribution in [0, 0.1) is 5.82 Å². The van der Waals surface area contributed by atoms with Crippen molar-refractivity contribution in [1.82, 2.24) is 5.16 Å². The summed E-state index contributed by atoms with van der Waals surface area (Å²) in [5.41, 5.74) is 1.38. The number of para-hydroxylation sites is 1. The van der Waals surface area contributed by atoms with Gasteiger partial charge in [-0.25, -0.2) is 9.18 Å². The number of nitrogens with zero attached hydrogens (tertiary/aromatic N) is 2. The van der Waals surface area contributed by atoms with Crippen LogP contribution in [-0.4, -0.2) is 40.8 Å². The van der Waals surface area contributed by atoms with Gasteiger partial charge in [-0.1, -0.05) is 17.3 Å². The third kappa shape index (κ3) is 5.19. The van der Waals surface area contributed by atoms with E-state index in [0.29, 0.717) is 29.9 Å². The molecular formula is C28H26F4N2O5. The van der Waals surface area contributed by atoms with Crippen LogP contribution in [0.5, 0.6) is 5.75 Å². The van der Waals surface area contributed by atoms with E-state index < -0.39 is 18.1 Å². The Morgan fingerprint density at radius 1 is 1.08 bits per heavy atom. The lowest BCUT2D eigenvalue weighted by atomic mass is 9.98. The molecule has 0 spiro atoms. The topological polar surface area (TPSA) is 85.0 Å². The summed E-state index contributed by atoms with van der Waals surface area (Å²) in [6.07, 6.45) is -0.160. The molecule has 1 aliphatic carbocycles. The van der Waals surface area contributed by atoms with Gasteiger partial charge >= 0.3 is 12.3 Å². The summed E-state index contributed by atoms with van der Waals surface area (Å²) in [4.78, 5) is 13.2. The first-order valence-electron chi connectivity index (χ1n) is 12.9. The Balaban J connectivity index is 1.20. The van der Waals surface area contributed by atoms with Crippen molar-refractivity contribution in [1.29, 1.82) is 0 Å². The van der Waals surface area contributed by atoms with Crippen LogP contribution in [0.25, 0.3) is 11.3 Å². The first kappa shape index (κ1) is 25.7. The van der Waals surface area contributed by atoms with Crippen LogP contribution < -0.4 is 9.64 Å². The second kappa shape index (κ2) is 9.86. The maximum Gasteiger partial charge on any atom is 0.573 e. The number of benzene rings is 2. The maximum atomic E-state index is 14.8. The van der Waals surface area contributed by atoms with Crippen molar-refractivity contribution in [3.63, 3.8) is 0 Å². The zero-order valence-corrected chi connectivity index (χ0v) is 20.8. The Labute approximate surface area is 221 Å². The van der Waals surface area contributed by atoms with Gasteiger partial charge in [0.05, 0.1) is 24.0 Å². The van der Waals surface area contributed by atoms with Crippen molar-refractivity contribution in [2.45, 2.75) is 75.6 Å². The van der Waals surface area contributed by atoms with Crippen LogP contribution in [-0.2, 0) is 11.3 Å². The second-order valence-electron chi connectivity index (χ2n) is 10.4. The Hall–Kier alpha value is -3.60. The van der Waals surface area contributed by atoms with Crippen molar-refractivity contribution < 1.29 is 41.5 Å². The van der Waals surface area contributed by atoms with Crippen LogP contribution in [0.4, 0.5) is 23.2 Å². The van der Waals surface area contributed by atoms with Crippen LogP contribution in [0.15, 0.2) is 47.0 Å². The van der Waals surface area contributed by atoms with Crippen LogP contribution >= 0.6 is 0 Å². The van der Waals surface area contributed by atoms with Gasteiger partial charge in [-0.05, 0) is 68.9 Å². The maximum absolute atomic E-state index is 14.8. The fourth-order valence-electron chi connectivity index (χ4n) is 5.92. The van der Waals surface area contributed by atoms with Gasteiger partial charge in [-0.3, -0.25) is 0 Å². The molecule has 6 rings (SSSR count). The standard InChI is InChI=1S/C28H26F4N2O5/c29-22-11-16(27(35)36)7-10-23(22)34-17-8-9-18(34)13-19(12-17)37-14-21-25(33-39-26(21)15-5-6-15)20-3-1-2-4-24(20)38-28(30,31)32/h1-4,7,10-11,15,17-19H,5-6,8-9,12-14H2,(H,35,36)/t17-,18+,19?. The van der Waals surface area contributed by atoms with Gasteiger partial charge in [0, 0.05) is 29.1 Å². The summed E-state index contributed by atoms with van der Waals surface area (Å²) in [5.74, 6) is -1.30. The van der Waals surface area contributed by atoms with Crippen molar-refractivity contribution in [2.75, 3.05) is 4.90 Å². The van der Waals surface area contributed by atoms with E-state index in [1.807, 2.05) is 4.90 Å². The summed E-state index contributed by atoms with van der Waals surface area (Å²) in [5, 5.41) is 13.3. The molecule has 3 heterocycles. The predicted molar refractivity (Wildman–Crippen MR) is 131 cm³/mol. The van der Waals surface area contributed by atoms with Crippen LogP contribution in [0.3, 0.4) is 0 Å². The number of anilines is 1. The monoisotopic (exact) mass is 546 g/mol. The number of alkyl halides is 3. The first-order valence-corrected chi connectivity index (χ1v) is 12.9. The lowest BCUT2D eigenvalue weighted by Crippen LogP contribution is -2.46. The molecule has 3 atom stereocenters. The molecule has 2 bridgehead atoms. The Bertz CT molecular complexity index is 1370. The molecule has 3 fully saturated rings. The molecule has 3 aliphatic rings. The third-order valence-electron chi connectivity index (χ3n) is 7.76. The smallest absolute Gasteiger partial charge is 0.478 e. The average molecular weight is 547 g/mol. The molecular weight excluding hydrogens is 520 g/mol. The highest BCUT2D eigenvalue weighted by Gasteiger charge is 2.43. The molecule has 2 aliphatic heterocycles. The zero-order valence-electron chi connectivity index (χ0n) is 20.8. The van der Waals surface area contributed by atoms with Crippen molar-refractivity contribution in [3.05, 3.63) is 65.2 Å². The number of fused-ring (bicyclic) bond motifs is 2. The molecule has 7 nitrogen and oxygen atoms in total. The Morgan fingerprint density at radius 3 is 2.44 bits per heavy atom. The number of piperidine rings is 1. The van der Waals surface area contributed by atoms with Gasteiger partial charge in [-0.15, -0.1) is 13.2 Å². The number of carboxylic acids is 1. The number of aromatic nitrogens is 1. The van der Waals surface area contributed by atoms with E-state index >= 15 is 0 Å². The molecule has 1 N–H and O–H groups in total. The number of carbonyl (C=O) groups is 1. The number of ether oxygens (including phenoxy) is 2. The van der Waals surface area contributed by atoms with Crippen LogP contribution in [0.1, 0.15) is 66.1 Å². The van der Waals surface area contributed by atoms with Gasteiger partial charge in [0.1, 0.15) is 23.0 Å². The van der Waals surface area contributed by atoms with Crippen molar-refractivity contribution in [2.24, 2.45) is 0 Å². The summed E-state index contributed by atoms with van der Waals surface area (Å²) in [6.45, 7) is 0.122. The molecule has 206 valence electrons. The molecule has 39 heavy (non-hydrogen) atoms. The van der Waals surface area contributed by atoms with Gasteiger partial charge in [0.25, 0.3) is 0 Å². The number of rotatable bonds is 8. The molecule has 11 heteroatoms. The number of carboxylic acid groups (broad SMARTS) is 1. The molecule has 2 saturated heterocycles. The summed E-state index contributed by atoms with van der Waals surface area (Å²) < 4.78 is 70.2. The van der Waals surface area contributed by atoms with E-state index in [-0.39, 0.29) is 53.3 Å². The van der Waals surface area contributed by atoms with Crippen LogP contribution in [0.2, 0.25) is 0 Å². The highest BCUT2D eigenvalue weighted by atomic mass is 19.4. The van der Waals surface area contributed by atoms with E-state index in [4.69, 9.17) is 14.4 Å². The Kier molecular flexibility index (Phi) is 6.49. The zero-order chi connectivity index (χ0) is 27.3. The molecule has 1 saturated carbocycles. The molecule has 0 radical (unpaired) electrons. The predicted octanol–water partition coefficient (Wildman–Crippen LogP) is 6.67. The quantitative estimate of drug-likeness (QED) is 0.316. The van der Waals surface area contributed by atoms with E-state index in [2.05, 4.69) is 9.89 Å². The van der Waals surface area contributed by atoms with Gasteiger partial charge in [0.15, 0.2) is 0 Å². The summed E-state index contributed by atoms with van der Waals surface area (Å²) >= 11 is 0. The first-order chi connectivity index (χ1) is 18.7. The van der Waals surface area contributed by atoms with Crippen molar-refractivity contribution in [3.8, 4) is 17.0 Å². The van der Waals surface area contributed by atoms with E-state index in [1.165, 1.54) is 30.3 Å². The second-order valence-corrected chi connectivity index (χ2v) is 10.4. The highest BCUT2D eigenvalue weighted by molar-refractivity contribution is 5.88. The van der Waals surface area contributed by atoms with E-state index in [0.717, 1.165) is 31.7 Å². The van der Waals surface area contributed by atoms with E-state index in [1.54, 1.807) is 6.07 Å². The summed E-state index contributed by atoms with van der Waals surface area (Å²) in [7, 11) is 0. The van der Waals surface area contributed by atoms with Gasteiger partial charge in [-0.2, -0.15) is 0 Å². The minimum atomic E-state index is -4.85. The molecule has 1 unspecified atom stereocenters. The molecule has 0 amide bonds. The average Bonchev–Trinajstić information content (AvgIpc) is 3.59. The summed E-state index contributed by atoms with van der Waals surface area (Å²) in [6, 6.07) is 9.89. The minimum absolute atomic E-state index is 0.0321. The molecule has 3 aromatic rings. The molecule has 1 aromatic heterocycles. The van der Waals surface area contributed by atoms with Gasteiger partial charge in [0.2, 0.25) is 0 Å². The third-order valence-corrected chi connectivity index (χ3v) is 7.76. The van der Waals surface area contributed by atoms with E-state index in [9.17, 15) is 22.4 Å². The normalized spacial score (nSPS) is 22.8. The minimum Gasteiger partial charge on any atom is -0.478 e. The van der Waals surface area contributed by atoms with Gasteiger partial charge < -0.3 is 24.0 Å². The fraction of sp³-hybridized carbons (Fsp3) is 0.429. The Morgan fingerprint density at radius 2 is 1.79 bits per heavy atom. The lowest BCUT2D eigenvalue weighted by Gasteiger charge is -2.40. The number of aromatic carboxylic acids is 1. The number of hydrogen-bond acceptors (Lipinski definition) is 6. The highest BCUT2D eigenvalue weighted by Crippen LogP contribution is 2.46. The number of halogens is 4. The number of hydrogen-bond donors (Lipinski definition) is 1. The van der Waals surface area contributed by atoms with Crippen molar-refractivity contribution >= 4 is 11.7 Å². The largest absolute Gasteiger partial charge is 0.573 e. The lowest BCUT2D eigenvalue weighted by molar-refractivity contribution is -0.274.